The first kappa shape index (κ1) is 46.5. The number of aromatic carboxylic acids is 1. The topological polar surface area (TPSA) is 87.1 Å². The van der Waals surface area contributed by atoms with E-state index in [2.05, 4.69) is 126 Å². The number of carbonyl (C=O) groups is 1. The molecule has 1 aliphatic carbocycles. The summed E-state index contributed by atoms with van der Waals surface area (Å²) in [4.78, 5) is 17.3. The van der Waals surface area contributed by atoms with E-state index in [-0.39, 0.29) is 21.9 Å². The fraction of sp³-hybridized carbons (Fsp3) is 0.491. The van der Waals surface area contributed by atoms with Gasteiger partial charge in [-0.2, -0.15) is 0 Å². The average Bonchev–Trinajstić information content (AvgIpc) is 3.20. The van der Waals surface area contributed by atoms with Crippen LogP contribution in [0.25, 0.3) is 22.0 Å². The third-order valence-corrected chi connectivity index (χ3v) is 11.7. The molecular weight excluding hydrogens is 771 g/mol. The Bertz CT molecular complexity index is 2420. The van der Waals surface area contributed by atoms with E-state index in [0.29, 0.717) is 51.2 Å². The molecule has 0 fully saturated rings. The van der Waals surface area contributed by atoms with Gasteiger partial charge >= 0.3 is 5.97 Å². The monoisotopic (exact) mass is 842 g/mol. The Kier molecular flexibility index (Phi) is 14.0. The van der Waals surface area contributed by atoms with Crippen molar-refractivity contribution in [1.82, 2.24) is 4.98 Å². The molecule has 6 rings (SSSR count). The maximum absolute atomic E-state index is 12.5. The SMILES string of the molecule is CCCOc1c2cc(C(C)(C)C)cc1Cc1cc(C(C)(C)C)cc(c1OCCC)-c1cc3nc(C(=O)O)ccc3c(c1OCCC)Cc1cc(C(C)(C)C)cc(c1OCCC)C2. The van der Waals surface area contributed by atoms with Gasteiger partial charge in [0.05, 0.1) is 31.9 Å². The number of carboxylic acid groups (broad SMARTS) is 1. The molecular formula is C55H71NO6. The van der Waals surface area contributed by atoms with E-state index in [1.54, 1.807) is 6.07 Å². The quantitative estimate of drug-likeness (QED) is 0.124. The zero-order chi connectivity index (χ0) is 45.1. The molecule has 1 aromatic heterocycles. The first-order valence-electron chi connectivity index (χ1n) is 23.0. The number of fused-ring (bicyclic) bond motifs is 11. The van der Waals surface area contributed by atoms with E-state index < -0.39 is 5.97 Å². The van der Waals surface area contributed by atoms with Crippen LogP contribution in [-0.2, 0) is 35.5 Å². The number of aromatic nitrogens is 1. The molecule has 0 radical (unpaired) electrons. The Hall–Kier alpha value is -5.04. The summed E-state index contributed by atoms with van der Waals surface area (Å²) in [5, 5.41) is 11.1. The molecule has 1 heterocycles. The fourth-order valence-electron chi connectivity index (χ4n) is 8.30. The molecule has 0 atom stereocenters. The van der Waals surface area contributed by atoms with Crippen LogP contribution in [-0.4, -0.2) is 42.5 Å². The van der Waals surface area contributed by atoms with Gasteiger partial charge in [-0.1, -0.05) is 120 Å². The number of hydrogen-bond donors (Lipinski definition) is 1. The molecule has 0 saturated heterocycles. The molecule has 62 heavy (non-hydrogen) atoms. The van der Waals surface area contributed by atoms with Crippen molar-refractivity contribution >= 4 is 16.9 Å². The van der Waals surface area contributed by atoms with Crippen LogP contribution in [0.3, 0.4) is 0 Å². The van der Waals surface area contributed by atoms with Crippen LogP contribution in [0.15, 0.2) is 54.6 Å². The van der Waals surface area contributed by atoms with Crippen molar-refractivity contribution in [1.29, 1.82) is 0 Å². The number of benzene rings is 4. The number of hydrogen-bond acceptors (Lipinski definition) is 6. The van der Waals surface area contributed by atoms with Crippen LogP contribution in [0.1, 0.15) is 176 Å². The predicted octanol–water partition coefficient (Wildman–Crippen LogP) is 13.7. The van der Waals surface area contributed by atoms with Gasteiger partial charge in [-0.25, -0.2) is 9.78 Å². The van der Waals surface area contributed by atoms with Crippen molar-refractivity contribution in [2.24, 2.45) is 0 Å². The minimum atomic E-state index is -1.07. The lowest BCUT2D eigenvalue weighted by molar-refractivity contribution is 0.0691. The second kappa shape index (κ2) is 18.7. The summed E-state index contributed by atoms with van der Waals surface area (Å²) in [6.07, 6.45) is 5.02. The first-order chi connectivity index (χ1) is 29.3. The normalized spacial score (nSPS) is 13.0. The maximum Gasteiger partial charge on any atom is 0.354 e. The molecule has 4 aromatic carbocycles. The van der Waals surface area contributed by atoms with E-state index in [0.717, 1.165) is 104 Å². The van der Waals surface area contributed by atoms with E-state index in [4.69, 9.17) is 23.9 Å². The highest BCUT2D eigenvalue weighted by Gasteiger charge is 2.30. The Balaban J connectivity index is 1.90. The van der Waals surface area contributed by atoms with E-state index >= 15 is 0 Å². The molecule has 332 valence electrons. The van der Waals surface area contributed by atoms with E-state index in [9.17, 15) is 9.90 Å². The molecule has 1 aliphatic rings. The lowest BCUT2D eigenvalue weighted by Crippen LogP contribution is -2.16. The Labute approximate surface area is 371 Å². The molecule has 5 aromatic rings. The molecule has 0 spiro atoms. The van der Waals surface area contributed by atoms with Crippen LogP contribution in [0.4, 0.5) is 0 Å². The summed E-state index contributed by atoms with van der Waals surface area (Å²) in [6.45, 7) is 31.1. The van der Waals surface area contributed by atoms with Gasteiger partial charge in [0.1, 0.15) is 28.7 Å². The lowest BCUT2D eigenvalue weighted by Gasteiger charge is -2.27. The number of nitrogens with zero attached hydrogens (tertiary/aromatic N) is 1. The fourth-order valence-corrected chi connectivity index (χ4v) is 8.30. The summed E-state index contributed by atoms with van der Waals surface area (Å²) in [5.41, 5.74) is 11.8. The molecule has 0 unspecified atom stereocenters. The molecule has 0 aliphatic heterocycles. The third kappa shape index (κ3) is 10.1. The second-order valence-corrected chi connectivity index (χ2v) is 20.2. The standard InChI is InChI=1S/C55H71NO6/c1-14-20-59-48-34-24-35-27-40(54(8,9)10)30-38(49(35)60-21-15-2)31-43-42-18-19-46(52(57)58)56-47(42)33-45(51(43)62-23-17-4)44-32-41(55(11,12)13)29-37(50(44)61-22-16-3)25-36(48)28-39(26-34)53(5,6)7/h18-19,26-30,32-33H,14-17,20-25,31H2,1-13H3,(H,57,58). The zero-order valence-corrected chi connectivity index (χ0v) is 39.9. The van der Waals surface area contributed by atoms with Crippen molar-refractivity contribution < 1.29 is 28.8 Å². The van der Waals surface area contributed by atoms with Crippen molar-refractivity contribution in [2.75, 3.05) is 26.4 Å². The number of ether oxygens (including phenoxy) is 4. The number of carboxylic acids is 1. The van der Waals surface area contributed by atoms with Crippen molar-refractivity contribution in [3.8, 4) is 34.1 Å². The van der Waals surface area contributed by atoms with E-state index in [1.165, 1.54) is 11.1 Å². The van der Waals surface area contributed by atoms with Gasteiger partial charge < -0.3 is 24.1 Å². The Morgan fingerprint density at radius 1 is 0.516 bits per heavy atom. The third-order valence-electron chi connectivity index (χ3n) is 11.7. The van der Waals surface area contributed by atoms with Crippen LogP contribution < -0.4 is 18.9 Å². The van der Waals surface area contributed by atoms with Crippen LogP contribution in [0.5, 0.6) is 23.0 Å². The predicted molar refractivity (Wildman–Crippen MR) is 255 cm³/mol. The summed E-state index contributed by atoms with van der Waals surface area (Å²) in [6, 6.07) is 19.5. The van der Waals surface area contributed by atoms with Crippen molar-refractivity contribution in [2.45, 2.75) is 151 Å². The second-order valence-electron chi connectivity index (χ2n) is 20.2. The Morgan fingerprint density at radius 2 is 0.887 bits per heavy atom. The lowest BCUT2D eigenvalue weighted by atomic mass is 9.80. The molecule has 1 N–H and O–H groups in total. The van der Waals surface area contributed by atoms with Crippen LogP contribution >= 0.6 is 0 Å². The maximum atomic E-state index is 12.5. The molecule has 0 saturated carbocycles. The van der Waals surface area contributed by atoms with Crippen LogP contribution in [0, 0.1) is 0 Å². The summed E-state index contributed by atoms with van der Waals surface area (Å²) in [5.74, 6) is 2.27. The van der Waals surface area contributed by atoms with Gasteiger partial charge in [-0.15, -0.1) is 0 Å². The van der Waals surface area contributed by atoms with Gasteiger partial charge in [0.2, 0.25) is 0 Å². The molecule has 8 bridgehead atoms. The van der Waals surface area contributed by atoms with Gasteiger partial charge in [0.15, 0.2) is 0 Å². The van der Waals surface area contributed by atoms with Gasteiger partial charge in [0, 0.05) is 41.3 Å². The minimum absolute atomic E-state index is 0.00775. The summed E-state index contributed by atoms with van der Waals surface area (Å²) >= 11 is 0. The Morgan fingerprint density at radius 3 is 1.31 bits per heavy atom. The smallest absolute Gasteiger partial charge is 0.354 e. The molecule has 7 heteroatoms. The highest BCUT2D eigenvalue weighted by molar-refractivity contribution is 5.96. The molecule has 0 amide bonds. The van der Waals surface area contributed by atoms with Crippen molar-refractivity contribution in [3.05, 3.63) is 110 Å². The largest absolute Gasteiger partial charge is 0.493 e. The average molecular weight is 842 g/mol. The number of pyridine rings is 1. The van der Waals surface area contributed by atoms with Crippen LogP contribution in [0.2, 0.25) is 0 Å². The summed E-state index contributed by atoms with van der Waals surface area (Å²) in [7, 11) is 0. The highest BCUT2D eigenvalue weighted by Crippen LogP contribution is 2.49. The van der Waals surface area contributed by atoms with Gasteiger partial charge in [-0.05, 0) is 111 Å². The minimum Gasteiger partial charge on any atom is -0.493 e. The first-order valence-corrected chi connectivity index (χ1v) is 23.0. The van der Waals surface area contributed by atoms with E-state index in [1.807, 2.05) is 12.1 Å². The molecule has 7 nitrogen and oxygen atoms in total. The summed E-state index contributed by atoms with van der Waals surface area (Å²) < 4.78 is 27.8. The van der Waals surface area contributed by atoms with Gasteiger partial charge in [0.25, 0.3) is 0 Å². The van der Waals surface area contributed by atoms with Crippen molar-refractivity contribution in [3.63, 3.8) is 0 Å². The number of rotatable bonds is 13. The van der Waals surface area contributed by atoms with Gasteiger partial charge in [-0.3, -0.25) is 0 Å². The zero-order valence-electron chi connectivity index (χ0n) is 39.9. The highest BCUT2D eigenvalue weighted by atomic mass is 16.5.